The third kappa shape index (κ3) is 26.4. The lowest BCUT2D eigenvalue weighted by atomic mass is 9.35. The number of hydrogen-bond acceptors (Lipinski definition) is 17. The molecular formula is C54H85N4O29P3. The van der Waals surface area contributed by atoms with Crippen LogP contribution in [0.4, 0.5) is 4.79 Å². The zero-order chi connectivity index (χ0) is 68.6. The molecule has 0 saturated heterocycles. The predicted molar refractivity (Wildman–Crippen MR) is 310 cm³/mol. The topological polar surface area (TPSA) is 573 Å². The molecule has 36 heteroatoms. The molecular weight excluding hydrogens is 1260 g/mol. The summed E-state index contributed by atoms with van der Waals surface area (Å²) in [5.41, 5.74) is -5.50. The second-order valence-corrected chi connectivity index (χ2v) is 33.4. The molecule has 0 spiro atoms. The first-order valence-corrected chi connectivity index (χ1v) is 35.2. The fourth-order valence-corrected chi connectivity index (χ4v) is 19.1. The van der Waals surface area contributed by atoms with Crippen LogP contribution >= 0.6 is 22.1 Å². The van der Waals surface area contributed by atoms with Gasteiger partial charge in [0.2, 0.25) is 39.8 Å². The Morgan fingerprint density at radius 3 is 0.867 bits per heavy atom. The second-order valence-electron chi connectivity index (χ2n) is 25.9. The number of rotatable bonds is 43. The molecule has 0 aromatic carbocycles. The summed E-state index contributed by atoms with van der Waals surface area (Å²) in [6, 6.07) is -5.42. The number of carbonyl (C=O) groups excluding carboxylic acids is 4. The van der Waals surface area contributed by atoms with E-state index in [0.29, 0.717) is 0 Å². The molecule has 11 atom stereocenters. The van der Waals surface area contributed by atoms with E-state index in [9.17, 15) is 121 Å². The maximum absolute atomic E-state index is 13.9. The van der Waals surface area contributed by atoms with E-state index in [0.717, 1.165) is 0 Å². The van der Waals surface area contributed by atoms with Crippen LogP contribution in [0.25, 0.3) is 0 Å². The number of aliphatic carboxylic acids is 9. The largest absolute Gasteiger partial charge is 0.481 e. The molecule has 0 heterocycles. The zero-order valence-electron chi connectivity index (χ0n) is 50.2. The molecule has 0 aromatic rings. The Hall–Kier alpha value is -6.52. The number of nitrogens with one attached hydrogen (secondary N) is 4. The molecule has 5 unspecified atom stereocenters. The van der Waals surface area contributed by atoms with Gasteiger partial charge in [0, 0.05) is 81.0 Å². The van der Waals surface area contributed by atoms with Gasteiger partial charge in [-0.2, -0.15) is 0 Å². The molecule has 16 N–H and O–H groups in total. The van der Waals surface area contributed by atoms with Crippen LogP contribution in [0.2, 0.25) is 0 Å². The van der Waals surface area contributed by atoms with Crippen molar-refractivity contribution in [1.29, 1.82) is 0 Å². The van der Waals surface area contributed by atoms with Gasteiger partial charge in [0.05, 0.1) is 17.8 Å². The molecule has 4 aliphatic rings. The molecule has 510 valence electrons. The van der Waals surface area contributed by atoms with Crippen LogP contribution in [0.5, 0.6) is 0 Å². The molecule has 4 fully saturated rings. The maximum Gasteiger partial charge on any atom is 0.408 e. The van der Waals surface area contributed by atoms with Gasteiger partial charge in [0.1, 0.15) is 23.7 Å². The molecule has 4 bridgehead atoms. The van der Waals surface area contributed by atoms with Crippen molar-refractivity contribution in [3.63, 3.8) is 0 Å². The van der Waals surface area contributed by atoms with E-state index in [1.54, 1.807) is 20.8 Å². The molecule has 4 aliphatic carbocycles. The molecule has 90 heavy (non-hydrogen) atoms. The number of hydrogen-bond donors (Lipinski definition) is 16. The van der Waals surface area contributed by atoms with E-state index in [1.165, 1.54) is 0 Å². The summed E-state index contributed by atoms with van der Waals surface area (Å²) in [7, 11) is -13.4. The van der Waals surface area contributed by atoms with E-state index in [4.69, 9.17) is 20.1 Å². The quantitative estimate of drug-likeness (QED) is 0.0389. The summed E-state index contributed by atoms with van der Waals surface area (Å²) in [6.45, 7) is 4.76. The SMILES string of the molecule is CC(C)(C)OC(=O)NC12CC3(CCC(=O)N[C@@H](CCP(=O)(O)C[C@H](CCC(=O)O)C(=O)O)C(=O)O)CC(CCC(=O)N[C@@H](CCP(=O)(O)C[C@H](CCC(=O)O)C(=O)O)C(=O)O)(CC(CCC(=O)N[C@H](CCP(=O)(O)C[C@H](CCC(=O)O)C(=O)O)C(=O)O)(C3)C1)C2. The molecule has 0 radical (unpaired) electrons. The van der Waals surface area contributed by atoms with E-state index in [2.05, 4.69) is 21.3 Å². The van der Waals surface area contributed by atoms with Gasteiger partial charge in [0.25, 0.3) is 0 Å². The van der Waals surface area contributed by atoms with E-state index >= 15 is 0 Å². The van der Waals surface area contributed by atoms with Gasteiger partial charge < -0.3 is 86.6 Å². The number of carboxylic acids is 9. The number of carbonyl (C=O) groups is 13. The van der Waals surface area contributed by atoms with Crippen LogP contribution in [-0.2, 0) is 76.0 Å². The Labute approximate surface area is 516 Å². The fraction of sp³-hybridized carbons (Fsp3) is 0.759. The fourth-order valence-electron chi connectivity index (χ4n) is 13.5. The van der Waals surface area contributed by atoms with Gasteiger partial charge in [-0.25, -0.2) is 19.2 Å². The van der Waals surface area contributed by atoms with Crippen LogP contribution < -0.4 is 21.3 Å². The van der Waals surface area contributed by atoms with Crippen LogP contribution in [-0.4, -0.2) is 204 Å². The normalized spacial score (nSPS) is 24.1. The van der Waals surface area contributed by atoms with Gasteiger partial charge in [-0.1, -0.05) is 0 Å². The van der Waals surface area contributed by atoms with Crippen LogP contribution in [0.1, 0.15) is 156 Å². The van der Waals surface area contributed by atoms with Crippen molar-refractivity contribution in [2.75, 3.05) is 37.0 Å². The number of amides is 4. The van der Waals surface area contributed by atoms with Gasteiger partial charge in [0.15, 0.2) is 0 Å². The Bertz CT molecular complexity index is 2590. The standard InChI is InChI=1S/C54H85N4O29P3/c1-50(2,3)87-49(80)58-54-28-51(16-10-37(59)55-34(46(74)75)13-19-88(81,82)22-31(43(68)69)4-7-40(62)63)25-52(29-54,17-11-38(60)56-35(47(76)77)14-20-89(83,84)23-32(44(70)71)5-8-41(64)65)27-53(26-51,30-54)18-12-39(61)57-36(48(78)79)15-21-90(85,86)24-33(45(72)73)6-9-42(66)67/h31-36H,4-30H2,1-3H3,(H,55,59)(H,56,60)(H,57,61)(H,58,80)(H,62,63)(H,64,65)(H,66,67)(H,68,69)(H,70,71)(H,72,73)(H,74,75)(H,76,77)(H,78,79)(H,81,82)(H,83,84)(H,85,86)/t31-,32-,33-,34-,35-,36+,51?,52?,53?,54?/m0/s1. The number of carboxylic acid groups (broad SMARTS) is 9. The first kappa shape index (κ1) is 77.7. The monoisotopic (exact) mass is 1350 g/mol. The average molecular weight is 1350 g/mol. The summed E-state index contributed by atoms with van der Waals surface area (Å²) in [6.07, 6.45) is -12.2. The number of ether oxygens (including phenoxy) is 1. The van der Waals surface area contributed by atoms with Crippen molar-refractivity contribution in [1.82, 2.24) is 21.3 Å². The predicted octanol–water partition coefficient (Wildman–Crippen LogP) is 3.32. The number of alkyl carbamates (subject to hydrolysis) is 1. The van der Waals surface area contributed by atoms with Crippen molar-refractivity contribution < 1.29 is 141 Å². The highest BCUT2D eigenvalue weighted by Crippen LogP contribution is 2.74. The second kappa shape index (κ2) is 32.2. The van der Waals surface area contributed by atoms with Crippen molar-refractivity contribution >= 4 is 99.6 Å². The lowest BCUT2D eigenvalue weighted by Crippen LogP contribution is -2.69. The first-order valence-electron chi connectivity index (χ1n) is 29.1. The van der Waals surface area contributed by atoms with Gasteiger partial charge >= 0.3 is 59.8 Å². The van der Waals surface area contributed by atoms with Crippen molar-refractivity contribution in [2.45, 2.75) is 185 Å². The summed E-state index contributed by atoms with van der Waals surface area (Å²) < 4.78 is 45.2. The van der Waals surface area contributed by atoms with Crippen molar-refractivity contribution in [2.24, 2.45) is 34.0 Å². The van der Waals surface area contributed by atoms with Crippen molar-refractivity contribution in [3.05, 3.63) is 0 Å². The molecule has 0 aliphatic heterocycles. The van der Waals surface area contributed by atoms with Crippen LogP contribution in [0.3, 0.4) is 0 Å². The summed E-state index contributed by atoms with van der Waals surface area (Å²) in [5, 5.41) is 96.1. The Kier molecular flexibility index (Phi) is 27.8. The molecule has 4 amide bonds. The van der Waals surface area contributed by atoms with Crippen LogP contribution in [0.15, 0.2) is 0 Å². The van der Waals surface area contributed by atoms with Gasteiger partial charge in [-0.3, -0.25) is 56.8 Å². The smallest absolute Gasteiger partial charge is 0.408 e. The minimum atomic E-state index is -4.46. The lowest BCUT2D eigenvalue weighted by Gasteiger charge is -2.71. The minimum absolute atomic E-state index is 0.0874. The average Bonchev–Trinajstić information content (AvgIpc) is 0.688. The zero-order valence-corrected chi connectivity index (χ0v) is 52.9. The Morgan fingerprint density at radius 2 is 0.656 bits per heavy atom. The lowest BCUT2D eigenvalue weighted by molar-refractivity contribution is -0.187. The van der Waals surface area contributed by atoms with Gasteiger partial charge in [-0.05, 0) is 133 Å². The Balaban J connectivity index is 2.03. The maximum atomic E-state index is 13.9. The van der Waals surface area contributed by atoms with Crippen LogP contribution in [0, 0.1) is 34.0 Å². The summed E-state index contributed by atoms with van der Waals surface area (Å²) in [4.78, 5) is 194. The highest BCUT2D eigenvalue weighted by atomic mass is 31.2. The summed E-state index contributed by atoms with van der Waals surface area (Å²) >= 11 is 0. The van der Waals surface area contributed by atoms with Gasteiger partial charge in [-0.15, -0.1) is 0 Å². The highest BCUT2D eigenvalue weighted by molar-refractivity contribution is 7.58. The minimum Gasteiger partial charge on any atom is -0.481 e. The van der Waals surface area contributed by atoms with E-state index in [-0.39, 0.29) is 57.8 Å². The third-order valence-electron chi connectivity index (χ3n) is 16.7. The third-order valence-corrected chi connectivity index (χ3v) is 22.6. The molecule has 4 rings (SSSR count). The van der Waals surface area contributed by atoms with Crippen molar-refractivity contribution in [3.8, 4) is 0 Å². The Morgan fingerprint density at radius 1 is 0.400 bits per heavy atom. The molecule has 0 aromatic heterocycles. The van der Waals surface area contributed by atoms with E-state index < -0.39 is 277 Å². The highest BCUT2D eigenvalue weighted by Gasteiger charge is 2.68. The first-order chi connectivity index (χ1) is 41.2. The molecule has 33 nitrogen and oxygen atoms in total. The van der Waals surface area contributed by atoms with E-state index in [1.807, 2.05) is 0 Å². The molecule has 4 saturated carbocycles. The summed E-state index contributed by atoms with van der Waals surface area (Å²) in [5.74, 6) is -21.1.